The minimum Gasteiger partial charge on any atom is -0.493 e. The number of benzene rings is 3. The van der Waals surface area contributed by atoms with Crippen LogP contribution in [0.2, 0.25) is 0 Å². The number of ether oxygens (including phenoxy) is 5. The van der Waals surface area contributed by atoms with Gasteiger partial charge in [0, 0.05) is 125 Å². The van der Waals surface area contributed by atoms with Crippen molar-refractivity contribution >= 4 is 61.2 Å². The van der Waals surface area contributed by atoms with Gasteiger partial charge in [0.25, 0.3) is 21.6 Å². The van der Waals surface area contributed by atoms with Crippen LogP contribution in [0, 0.1) is 28.4 Å². The summed E-state index contributed by atoms with van der Waals surface area (Å²) in [5.74, 6) is 1.63. The SMILES string of the molecule is COc1c(N2CCOCC2)ncc2c1CCC[C@H]2N1CCN(C2CC3(CCN(c4ccc(C(=O)NS(=O)(=O)c5ccc(NCC6CCOCC6)c([N+](=O)[O-])c5)c(N5c6cc7cc[nH]c7nc6O[C@H]6COCC[C@@H]65)c4)CC3)C2)[C@H](c2ccccc2C)C1. The molecule has 0 unspecified atom stereocenters. The fourth-order valence-corrected chi connectivity index (χ4v) is 16.4. The normalized spacial score (nSPS) is 23.9. The molecule has 3 aromatic heterocycles. The highest BCUT2D eigenvalue weighted by Gasteiger charge is 2.51. The number of H-pyrrole nitrogens is 1. The standard InChI is InChI=1S/C64H77N11O10S/c1-41-6-3-4-7-47(41)57-39-72(52-9-5-8-48-50(52)38-67-61(59(48)81-2)71-25-30-83-31-26-71)23-24-73(57)45-35-64(36-45)18-21-70(22-19-64)44-10-12-49(54(33-44)74-53-17-29-84-40-58(53)85-63-56(74)32-43-14-20-65-60(43)68-63)62(76)69-86(79,80)46-11-13-51(55(34-46)75(77)78)66-37-42-15-27-82-28-16-42/h3-4,6-7,10-14,20,32-34,38,42,45,52-53,57-58,66H,5,8-9,15-19,21-31,35-37,39-40H2,1-2H3,(H,65,68)(H,69,76)/t52-,53+,57+,58+/m1/s1. The number of hydrogen-bond donors (Lipinski definition) is 3. The molecule has 1 amide bonds. The summed E-state index contributed by atoms with van der Waals surface area (Å²) in [7, 11) is -2.83. The third-order valence-corrected chi connectivity index (χ3v) is 21.4. The van der Waals surface area contributed by atoms with E-state index in [1.54, 1.807) is 13.2 Å². The molecular formula is C64H77N11O10S. The number of fused-ring (bicyclic) bond motifs is 4. The average Bonchev–Trinajstić information content (AvgIpc) is 1.35. The number of methoxy groups -OCH3 is 1. The number of piperazine rings is 1. The second-order valence-electron chi connectivity index (χ2n) is 24.9. The molecule has 86 heavy (non-hydrogen) atoms. The Labute approximate surface area is 501 Å². The van der Waals surface area contributed by atoms with Crippen molar-refractivity contribution in [3.63, 3.8) is 0 Å². The van der Waals surface area contributed by atoms with E-state index in [9.17, 15) is 23.3 Å². The highest BCUT2D eigenvalue weighted by Crippen LogP contribution is 2.55. The topological polar surface area (TPSA) is 222 Å². The Bertz CT molecular complexity index is 3630. The third kappa shape index (κ3) is 10.8. The number of nitrogens with zero attached hydrogens (tertiary/aromatic N) is 8. The van der Waals surface area contributed by atoms with E-state index in [0.717, 1.165) is 132 Å². The third-order valence-electron chi connectivity index (χ3n) is 20.1. The van der Waals surface area contributed by atoms with E-state index in [0.29, 0.717) is 81.6 Å². The number of aromatic nitrogens is 3. The van der Waals surface area contributed by atoms with Crippen molar-refractivity contribution < 1.29 is 41.8 Å². The van der Waals surface area contributed by atoms with Crippen LogP contribution in [0.4, 0.5) is 34.3 Å². The zero-order valence-electron chi connectivity index (χ0n) is 49.1. The van der Waals surface area contributed by atoms with Gasteiger partial charge >= 0.3 is 0 Å². The number of carbonyl (C=O) groups is 1. The largest absolute Gasteiger partial charge is 0.493 e. The van der Waals surface area contributed by atoms with Crippen LogP contribution in [0.1, 0.15) is 102 Å². The number of carbonyl (C=O) groups excluding carboxylic acids is 1. The second kappa shape index (κ2) is 23.5. The smallest absolute Gasteiger partial charge is 0.293 e. The van der Waals surface area contributed by atoms with E-state index in [1.165, 1.54) is 34.4 Å². The summed E-state index contributed by atoms with van der Waals surface area (Å²) in [6.45, 7) is 12.3. The number of aryl methyl sites for hydroxylation is 1. The first kappa shape index (κ1) is 56.7. The van der Waals surface area contributed by atoms with Crippen molar-refractivity contribution in [3.05, 3.63) is 123 Å². The molecular weight excluding hydrogens is 1110 g/mol. The van der Waals surface area contributed by atoms with Crippen LogP contribution in [0.5, 0.6) is 11.6 Å². The fourth-order valence-electron chi connectivity index (χ4n) is 15.4. The zero-order valence-corrected chi connectivity index (χ0v) is 49.9. The first-order valence-corrected chi connectivity index (χ1v) is 32.4. The summed E-state index contributed by atoms with van der Waals surface area (Å²) in [5, 5.41) is 16.4. The number of pyridine rings is 2. The predicted octanol–water partition coefficient (Wildman–Crippen LogP) is 8.85. The van der Waals surface area contributed by atoms with Crippen LogP contribution >= 0.6 is 0 Å². The molecule has 3 N–H and O–H groups in total. The maximum atomic E-state index is 14.9. The van der Waals surface area contributed by atoms with Crippen molar-refractivity contribution in [2.24, 2.45) is 11.3 Å². The number of hydrogen-bond acceptors (Lipinski definition) is 18. The Morgan fingerprint density at radius 3 is 2.47 bits per heavy atom. The number of sulfonamides is 1. The van der Waals surface area contributed by atoms with E-state index in [1.807, 2.05) is 30.5 Å². The molecule has 6 aromatic rings. The van der Waals surface area contributed by atoms with E-state index < -0.39 is 37.5 Å². The lowest BCUT2D eigenvalue weighted by Gasteiger charge is -2.59. The van der Waals surface area contributed by atoms with Gasteiger partial charge in [0.2, 0.25) is 5.88 Å². The molecule has 6 fully saturated rings. The van der Waals surface area contributed by atoms with Gasteiger partial charge in [-0.2, -0.15) is 4.98 Å². The Kier molecular flexibility index (Phi) is 15.5. The van der Waals surface area contributed by atoms with Crippen molar-refractivity contribution in [2.75, 3.05) is 119 Å². The van der Waals surface area contributed by atoms with Crippen LogP contribution in [0.3, 0.4) is 0 Å². The van der Waals surface area contributed by atoms with E-state index in [2.05, 4.69) is 76.9 Å². The van der Waals surface area contributed by atoms with Crippen molar-refractivity contribution in [1.29, 1.82) is 0 Å². The van der Waals surface area contributed by atoms with Crippen LogP contribution in [-0.4, -0.2) is 161 Å². The highest BCUT2D eigenvalue weighted by atomic mass is 32.2. The minimum atomic E-state index is -4.62. The molecule has 1 spiro atoms. The van der Waals surface area contributed by atoms with Crippen LogP contribution < -0.4 is 34.2 Å². The number of nitro groups is 1. The molecule has 5 saturated heterocycles. The molecule has 14 rings (SSSR count). The summed E-state index contributed by atoms with van der Waals surface area (Å²) in [5.41, 5.74) is 8.19. The molecule has 22 heteroatoms. The lowest BCUT2D eigenvalue weighted by molar-refractivity contribution is -0.384. The molecule has 8 aliphatic rings. The first-order chi connectivity index (χ1) is 41.9. The zero-order chi connectivity index (χ0) is 58.7. The van der Waals surface area contributed by atoms with Gasteiger partial charge in [-0.1, -0.05) is 24.3 Å². The molecule has 6 aliphatic heterocycles. The summed E-state index contributed by atoms with van der Waals surface area (Å²) in [6, 6.07) is 22.9. The number of nitro benzene ring substituents is 1. The summed E-state index contributed by atoms with van der Waals surface area (Å²) in [6.07, 6.45) is 13.2. The van der Waals surface area contributed by atoms with Gasteiger partial charge in [-0.15, -0.1) is 0 Å². The van der Waals surface area contributed by atoms with Crippen LogP contribution in [0.25, 0.3) is 11.0 Å². The van der Waals surface area contributed by atoms with Gasteiger partial charge in [0.05, 0.1) is 54.0 Å². The monoisotopic (exact) mass is 1190 g/mol. The number of aromatic amines is 1. The molecule has 1 saturated carbocycles. The maximum absolute atomic E-state index is 14.9. The van der Waals surface area contributed by atoms with E-state index in [-0.39, 0.29) is 40.7 Å². The molecule has 3 aromatic carbocycles. The van der Waals surface area contributed by atoms with Crippen LogP contribution in [-0.2, 0) is 30.7 Å². The molecule has 2 aliphatic carbocycles. The molecule has 0 bridgehead atoms. The Balaban J connectivity index is 0.713. The van der Waals surface area contributed by atoms with E-state index in [4.69, 9.17) is 33.7 Å². The van der Waals surface area contributed by atoms with E-state index >= 15 is 0 Å². The second-order valence-corrected chi connectivity index (χ2v) is 26.6. The molecule has 21 nitrogen and oxygen atoms in total. The number of anilines is 5. The summed E-state index contributed by atoms with van der Waals surface area (Å²) < 4.78 is 60.8. The Morgan fingerprint density at radius 1 is 0.860 bits per heavy atom. The van der Waals surface area contributed by atoms with Gasteiger partial charge in [-0.3, -0.25) is 24.7 Å². The number of piperidine rings is 1. The van der Waals surface area contributed by atoms with Gasteiger partial charge in [-0.25, -0.2) is 18.1 Å². The van der Waals surface area contributed by atoms with Gasteiger partial charge in [0.15, 0.2) is 11.6 Å². The molecule has 0 radical (unpaired) electrons. The molecule has 9 heterocycles. The summed E-state index contributed by atoms with van der Waals surface area (Å²) in [4.78, 5) is 51.8. The maximum Gasteiger partial charge on any atom is 0.293 e. The quantitative estimate of drug-likeness (QED) is 0.0684. The number of amides is 1. The first-order valence-electron chi connectivity index (χ1n) is 30.9. The minimum absolute atomic E-state index is 0.120. The molecule has 4 atom stereocenters. The Hall–Kier alpha value is -7.08. The van der Waals surface area contributed by atoms with Gasteiger partial charge < -0.3 is 48.7 Å². The Morgan fingerprint density at radius 2 is 1.66 bits per heavy atom. The number of nitrogens with one attached hydrogen (secondary N) is 3. The van der Waals surface area contributed by atoms with Gasteiger partial charge in [-0.05, 0) is 142 Å². The summed E-state index contributed by atoms with van der Waals surface area (Å²) >= 11 is 0. The fraction of sp³-hybridized carbons (Fsp3) is 0.516. The van der Waals surface area contributed by atoms with Crippen LogP contribution in [0.15, 0.2) is 90.1 Å². The van der Waals surface area contributed by atoms with Crippen molar-refractivity contribution in [1.82, 2.24) is 29.5 Å². The molecule has 454 valence electrons. The lowest BCUT2D eigenvalue weighted by Crippen LogP contribution is -2.60. The average molecular weight is 1190 g/mol. The lowest BCUT2D eigenvalue weighted by atomic mass is 9.59. The van der Waals surface area contributed by atoms with Crippen molar-refractivity contribution in [3.8, 4) is 11.6 Å². The number of morpholine rings is 1. The number of rotatable bonds is 14. The highest BCUT2D eigenvalue weighted by molar-refractivity contribution is 7.90. The van der Waals surface area contributed by atoms with Gasteiger partial charge in [0.1, 0.15) is 23.1 Å². The predicted molar refractivity (Wildman–Crippen MR) is 327 cm³/mol. The van der Waals surface area contributed by atoms with Crippen molar-refractivity contribution in [2.45, 2.75) is 106 Å².